The molecule has 0 aliphatic carbocycles. The number of amides is 1. The Morgan fingerprint density at radius 1 is 1.21 bits per heavy atom. The van der Waals surface area contributed by atoms with Crippen molar-refractivity contribution in [2.45, 2.75) is 46.3 Å². The first-order chi connectivity index (χ1) is 11.5. The smallest absolute Gasteiger partial charge is 0.243 e. The molecule has 3 heterocycles. The maximum atomic E-state index is 12.7. The fraction of sp³-hybridized carbons (Fsp3) is 0.368. The Balaban J connectivity index is 1.91. The summed E-state index contributed by atoms with van der Waals surface area (Å²) in [5.74, 6) is 1.62. The van der Waals surface area contributed by atoms with Gasteiger partial charge in [0.1, 0.15) is 18.1 Å². The highest BCUT2D eigenvalue weighted by molar-refractivity contribution is 5.78. The molecule has 1 aromatic rings. The van der Waals surface area contributed by atoms with Crippen LogP contribution in [-0.2, 0) is 11.3 Å². The lowest BCUT2D eigenvalue weighted by atomic mass is 10.2. The van der Waals surface area contributed by atoms with Crippen molar-refractivity contribution in [2.24, 2.45) is 0 Å². The van der Waals surface area contributed by atoms with Gasteiger partial charge in [0.05, 0.1) is 6.26 Å². The van der Waals surface area contributed by atoms with Crippen LogP contribution < -0.4 is 0 Å². The molecule has 126 valence electrons. The summed E-state index contributed by atoms with van der Waals surface area (Å²) in [6.07, 6.45) is 3.54. The molecule has 0 fully saturated rings. The number of hydrogen-bond donors (Lipinski definition) is 0. The van der Waals surface area contributed by atoms with Gasteiger partial charge in [-0.2, -0.15) is 0 Å². The molecule has 0 saturated carbocycles. The summed E-state index contributed by atoms with van der Waals surface area (Å²) in [6, 6.07) is 9.99. The summed E-state index contributed by atoms with van der Waals surface area (Å²) >= 11 is 0. The summed E-state index contributed by atoms with van der Waals surface area (Å²) < 4.78 is 7.33. The fourth-order valence-electron chi connectivity index (χ4n) is 3.17. The minimum Gasteiger partial charge on any atom is -0.463 e. The van der Waals surface area contributed by atoms with Gasteiger partial charge in [0.15, 0.2) is 5.76 Å². The second kappa shape index (κ2) is 6.51. The Morgan fingerprint density at radius 2 is 1.96 bits per heavy atom. The van der Waals surface area contributed by atoms with Crippen LogP contribution in [0.2, 0.25) is 0 Å². The van der Waals surface area contributed by atoms with Gasteiger partial charge in [-0.05, 0) is 58.0 Å². The van der Waals surface area contributed by atoms with Crippen LogP contribution in [-0.4, -0.2) is 32.4 Å². The molecule has 0 N–H and O–H groups in total. The van der Waals surface area contributed by atoms with E-state index in [1.165, 1.54) is 0 Å². The largest absolute Gasteiger partial charge is 0.463 e. The molecular formula is C19H23N3O2. The topological polar surface area (TPSA) is 51.3 Å². The minimum absolute atomic E-state index is 0.0973. The second-order valence-corrected chi connectivity index (χ2v) is 6.52. The van der Waals surface area contributed by atoms with E-state index >= 15 is 0 Å². The molecule has 0 bridgehead atoms. The Kier molecular flexibility index (Phi) is 4.42. The lowest BCUT2D eigenvalue weighted by Gasteiger charge is -2.31. The SMILES string of the molecule is CC(C)N(C(=O)Cn1cccc2cc(-c3ccco3)nc1-2)C(C)C. The van der Waals surface area contributed by atoms with Gasteiger partial charge in [-0.3, -0.25) is 4.79 Å². The van der Waals surface area contributed by atoms with Gasteiger partial charge in [0.2, 0.25) is 5.91 Å². The van der Waals surface area contributed by atoms with Crippen LogP contribution in [0.25, 0.3) is 22.8 Å². The average Bonchev–Trinajstić information content (AvgIpc) is 3.15. The third kappa shape index (κ3) is 3.07. The Morgan fingerprint density at radius 3 is 2.58 bits per heavy atom. The molecule has 0 atom stereocenters. The molecule has 0 saturated heterocycles. The first kappa shape index (κ1) is 16.3. The number of hydrogen-bond acceptors (Lipinski definition) is 3. The summed E-state index contributed by atoms with van der Waals surface area (Å²) in [5, 5.41) is 0. The molecule has 0 spiro atoms. The van der Waals surface area contributed by atoms with Crippen molar-refractivity contribution < 1.29 is 9.21 Å². The number of pyridine rings is 1. The third-order valence-electron chi connectivity index (χ3n) is 4.07. The zero-order valence-electron chi connectivity index (χ0n) is 14.6. The van der Waals surface area contributed by atoms with Crippen LogP contribution in [0.1, 0.15) is 27.7 Å². The minimum atomic E-state index is 0.0973. The molecule has 24 heavy (non-hydrogen) atoms. The van der Waals surface area contributed by atoms with Gasteiger partial charge in [-0.1, -0.05) is 0 Å². The fourth-order valence-corrected chi connectivity index (χ4v) is 3.17. The van der Waals surface area contributed by atoms with Crippen LogP contribution in [0.3, 0.4) is 0 Å². The predicted molar refractivity (Wildman–Crippen MR) is 93.7 cm³/mol. The van der Waals surface area contributed by atoms with Crippen LogP contribution >= 0.6 is 0 Å². The zero-order chi connectivity index (χ0) is 17.3. The number of furan rings is 1. The van der Waals surface area contributed by atoms with Crippen molar-refractivity contribution >= 4 is 5.91 Å². The Labute approximate surface area is 142 Å². The van der Waals surface area contributed by atoms with Crippen molar-refractivity contribution in [3.05, 3.63) is 42.8 Å². The van der Waals surface area contributed by atoms with Crippen molar-refractivity contribution in [1.29, 1.82) is 0 Å². The monoisotopic (exact) mass is 325 g/mol. The Hall–Kier alpha value is -2.56. The molecule has 2 aliphatic rings. The van der Waals surface area contributed by atoms with Crippen molar-refractivity contribution in [3.63, 3.8) is 0 Å². The van der Waals surface area contributed by atoms with Crippen molar-refractivity contribution in [2.75, 3.05) is 0 Å². The van der Waals surface area contributed by atoms with Crippen LogP contribution in [0, 0.1) is 0 Å². The van der Waals surface area contributed by atoms with E-state index in [1.54, 1.807) is 6.26 Å². The standard InChI is InChI=1S/C19H23N3O2/c1-13(2)22(14(3)4)18(23)12-21-9-5-7-15-11-16(20-19(15)21)17-8-6-10-24-17/h5-11,13-14H,12H2,1-4H3. The van der Waals surface area contributed by atoms with Crippen molar-refractivity contribution in [1.82, 2.24) is 14.5 Å². The highest BCUT2D eigenvalue weighted by Crippen LogP contribution is 2.28. The van der Waals surface area contributed by atoms with Gasteiger partial charge in [-0.15, -0.1) is 0 Å². The zero-order valence-corrected chi connectivity index (χ0v) is 14.6. The number of carbonyl (C=O) groups excluding carboxylic acids is 1. The number of aromatic nitrogens is 2. The first-order valence-corrected chi connectivity index (χ1v) is 8.28. The highest BCUT2D eigenvalue weighted by atomic mass is 16.3. The van der Waals surface area contributed by atoms with Crippen LogP contribution in [0.15, 0.2) is 47.2 Å². The van der Waals surface area contributed by atoms with Crippen LogP contribution in [0.5, 0.6) is 0 Å². The number of carbonyl (C=O) groups is 1. The number of fused-ring (bicyclic) bond motifs is 1. The molecule has 1 amide bonds. The quantitative estimate of drug-likeness (QED) is 0.715. The summed E-state index contributed by atoms with van der Waals surface area (Å²) in [5.41, 5.74) is 1.78. The van der Waals surface area contributed by atoms with Gasteiger partial charge in [0, 0.05) is 23.8 Å². The highest BCUT2D eigenvalue weighted by Gasteiger charge is 2.22. The summed E-state index contributed by atoms with van der Waals surface area (Å²) in [6.45, 7) is 8.44. The molecule has 2 aliphatic heterocycles. The summed E-state index contributed by atoms with van der Waals surface area (Å²) in [7, 11) is 0. The van der Waals surface area contributed by atoms with E-state index in [9.17, 15) is 4.79 Å². The molecule has 0 unspecified atom stereocenters. The van der Waals surface area contributed by atoms with Gasteiger partial charge in [-0.25, -0.2) is 4.98 Å². The summed E-state index contributed by atoms with van der Waals surface area (Å²) in [4.78, 5) is 19.3. The predicted octanol–water partition coefficient (Wildman–Crippen LogP) is 3.89. The average molecular weight is 325 g/mol. The van der Waals surface area contributed by atoms with E-state index in [2.05, 4.69) is 4.98 Å². The first-order valence-electron chi connectivity index (χ1n) is 8.28. The molecular weight excluding hydrogens is 302 g/mol. The van der Waals surface area contributed by atoms with E-state index in [1.807, 2.05) is 73.7 Å². The molecule has 3 rings (SSSR count). The number of nitrogens with zero attached hydrogens (tertiary/aromatic N) is 3. The van der Waals surface area contributed by atoms with Gasteiger partial charge >= 0.3 is 0 Å². The van der Waals surface area contributed by atoms with E-state index < -0.39 is 0 Å². The Bertz CT molecular complexity index is 779. The molecule has 0 aromatic carbocycles. The normalized spacial score (nSPS) is 11.6. The molecule has 5 nitrogen and oxygen atoms in total. The maximum Gasteiger partial charge on any atom is 0.243 e. The van der Waals surface area contributed by atoms with E-state index in [4.69, 9.17) is 4.42 Å². The third-order valence-corrected chi connectivity index (χ3v) is 4.07. The van der Waals surface area contributed by atoms with Gasteiger partial charge < -0.3 is 13.9 Å². The van der Waals surface area contributed by atoms with E-state index in [0.29, 0.717) is 0 Å². The number of rotatable bonds is 5. The van der Waals surface area contributed by atoms with Crippen LogP contribution in [0.4, 0.5) is 0 Å². The molecule has 1 aromatic heterocycles. The second-order valence-electron chi connectivity index (χ2n) is 6.52. The maximum absolute atomic E-state index is 12.7. The lowest BCUT2D eigenvalue weighted by molar-refractivity contribution is -0.135. The van der Waals surface area contributed by atoms with E-state index in [0.717, 1.165) is 22.8 Å². The van der Waals surface area contributed by atoms with Crippen molar-refractivity contribution in [3.8, 4) is 22.8 Å². The molecule has 0 radical (unpaired) electrons. The van der Waals surface area contributed by atoms with Gasteiger partial charge in [0.25, 0.3) is 0 Å². The lowest BCUT2D eigenvalue weighted by Crippen LogP contribution is -2.43. The molecule has 5 heteroatoms. The van der Waals surface area contributed by atoms with E-state index in [-0.39, 0.29) is 24.5 Å².